The van der Waals surface area contributed by atoms with E-state index in [1.165, 1.54) is 0 Å². The Morgan fingerprint density at radius 2 is 1.95 bits per heavy atom. The van der Waals surface area contributed by atoms with E-state index in [-0.39, 0.29) is 11.6 Å². The Labute approximate surface area is 225 Å². The number of fused-ring (bicyclic) bond motifs is 1. The van der Waals surface area contributed by atoms with Gasteiger partial charge in [-0.15, -0.1) is 5.10 Å². The zero-order chi connectivity index (χ0) is 26.1. The third-order valence-corrected chi connectivity index (χ3v) is 7.85. The van der Waals surface area contributed by atoms with E-state index in [1.807, 2.05) is 72.3 Å². The van der Waals surface area contributed by atoms with Gasteiger partial charge < -0.3 is 9.40 Å². The Kier molecular flexibility index (Phi) is 6.82. The van der Waals surface area contributed by atoms with Crippen LogP contribution in [0.5, 0.6) is 0 Å². The molecule has 0 aliphatic heterocycles. The first-order chi connectivity index (χ1) is 18.6. The van der Waals surface area contributed by atoms with Gasteiger partial charge in [-0.2, -0.15) is 0 Å². The second-order valence-electron chi connectivity index (χ2n) is 9.99. The second-order valence-corrected chi connectivity index (χ2v) is 10.4. The summed E-state index contributed by atoms with van der Waals surface area (Å²) in [7, 11) is 0. The first kappa shape index (κ1) is 24.6. The van der Waals surface area contributed by atoms with Crippen LogP contribution in [-0.4, -0.2) is 30.1 Å². The number of hydrogen-bond donors (Lipinski definition) is 1. The predicted molar refractivity (Wildman–Crippen MR) is 146 cm³/mol. The first-order valence-corrected chi connectivity index (χ1v) is 13.4. The number of aryl methyl sites for hydroxylation is 1. The first-order valence-electron chi connectivity index (χ1n) is 13.0. The number of furan rings is 1. The normalized spacial score (nSPS) is 15.0. The van der Waals surface area contributed by atoms with Crippen molar-refractivity contribution >= 4 is 22.5 Å². The fourth-order valence-electron chi connectivity index (χ4n) is 5.58. The fourth-order valence-corrected chi connectivity index (χ4v) is 5.77. The molecular formula is C29H29ClN6O2. The molecule has 0 bridgehead atoms. The van der Waals surface area contributed by atoms with E-state index in [1.54, 1.807) is 6.26 Å². The van der Waals surface area contributed by atoms with Crippen LogP contribution in [0.25, 0.3) is 10.9 Å². The minimum atomic E-state index is -0.541. The molecule has 8 nitrogen and oxygen atoms in total. The van der Waals surface area contributed by atoms with Crippen LogP contribution in [0.15, 0.2) is 76.1 Å². The summed E-state index contributed by atoms with van der Waals surface area (Å²) in [5.41, 5.74) is 3.21. The molecule has 3 heterocycles. The Balaban J connectivity index is 1.55. The lowest BCUT2D eigenvalue weighted by atomic mass is 10.0. The van der Waals surface area contributed by atoms with Crippen LogP contribution in [0.1, 0.15) is 66.0 Å². The topological polar surface area (TPSA) is 92.8 Å². The SMILES string of the molecule is Cc1cccc2cc(C(c3nnnn3C3CCCC3)N(Cc3ccco3)Cc3ccccc3Cl)c(=O)[nH]c12. The summed E-state index contributed by atoms with van der Waals surface area (Å²) in [5, 5.41) is 14.7. The van der Waals surface area contributed by atoms with Crippen LogP contribution < -0.4 is 5.56 Å². The van der Waals surface area contributed by atoms with E-state index in [0.29, 0.717) is 29.5 Å². The van der Waals surface area contributed by atoms with Gasteiger partial charge in [-0.1, -0.05) is 60.8 Å². The molecule has 1 atom stereocenters. The number of hydrogen-bond acceptors (Lipinski definition) is 6. The van der Waals surface area contributed by atoms with E-state index in [2.05, 4.69) is 25.4 Å². The Bertz CT molecular complexity index is 1600. The molecule has 38 heavy (non-hydrogen) atoms. The van der Waals surface area contributed by atoms with E-state index in [0.717, 1.165) is 53.5 Å². The van der Waals surface area contributed by atoms with Crippen molar-refractivity contribution in [3.8, 4) is 0 Å². The van der Waals surface area contributed by atoms with E-state index >= 15 is 0 Å². The molecule has 1 N–H and O–H groups in total. The van der Waals surface area contributed by atoms with Crippen molar-refractivity contribution in [2.45, 2.75) is 57.8 Å². The van der Waals surface area contributed by atoms with Crippen molar-refractivity contribution in [2.75, 3.05) is 0 Å². The van der Waals surface area contributed by atoms with Crippen molar-refractivity contribution < 1.29 is 4.42 Å². The summed E-state index contributed by atoms with van der Waals surface area (Å²) in [6.07, 6.45) is 5.97. The van der Waals surface area contributed by atoms with Crippen molar-refractivity contribution in [2.24, 2.45) is 0 Å². The van der Waals surface area contributed by atoms with Gasteiger partial charge in [0.05, 0.1) is 24.4 Å². The van der Waals surface area contributed by atoms with Crippen LogP contribution in [0.2, 0.25) is 5.02 Å². The smallest absolute Gasteiger partial charge is 0.253 e. The maximum atomic E-state index is 13.8. The van der Waals surface area contributed by atoms with Crippen molar-refractivity contribution in [3.63, 3.8) is 0 Å². The zero-order valence-electron chi connectivity index (χ0n) is 21.2. The molecule has 0 radical (unpaired) electrons. The summed E-state index contributed by atoms with van der Waals surface area (Å²) >= 11 is 6.62. The molecule has 1 aliphatic carbocycles. The molecule has 0 amide bonds. The third kappa shape index (κ3) is 4.77. The van der Waals surface area contributed by atoms with Gasteiger partial charge in [-0.05, 0) is 71.0 Å². The molecule has 1 unspecified atom stereocenters. The lowest BCUT2D eigenvalue weighted by Gasteiger charge is -2.31. The summed E-state index contributed by atoms with van der Waals surface area (Å²) in [6.45, 7) is 2.90. The average molecular weight is 529 g/mol. The highest BCUT2D eigenvalue weighted by Gasteiger charge is 2.34. The van der Waals surface area contributed by atoms with E-state index in [9.17, 15) is 4.79 Å². The quantitative estimate of drug-likeness (QED) is 0.266. The predicted octanol–water partition coefficient (Wildman–Crippen LogP) is 5.98. The van der Waals surface area contributed by atoms with Gasteiger partial charge in [0.2, 0.25) is 0 Å². The minimum absolute atomic E-state index is 0.165. The van der Waals surface area contributed by atoms with Gasteiger partial charge in [-0.3, -0.25) is 9.69 Å². The molecule has 194 valence electrons. The van der Waals surface area contributed by atoms with Crippen LogP contribution in [0.4, 0.5) is 0 Å². The standard InChI is InChI=1S/C29H29ClN6O2/c1-19-8-6-10-20-16-24(29(37)31-26(19)20)27(28-32-33-34-36(28)22-11-3-4-12-22)35(18-23-13-7-15-38-23)17-21-9-2-5-14-25(21)30/h2,5-10,13-16,22,27H,3-4,11-12,17-18H2,1H3,(H,31,37). The number of aromatic nitrogens is 5. The largest absolute Gasteiger partial charge is 0.468 e. The number of para-hydroxylation sites is 1. The maximum Gasteiger partial charge on any atom is 0.253 e. The van der Waals surface area contributed by atoms with Crippen molar-refractivity contribution in [1.29, 1.82) is 0 Å². The summed E-state index contributed by atoms with van der Waals surface area (Å²) in [6, 6.07) is 19.2. The monoisotopic (exact) mass is 528 g/mol. The molecule has 2 aromatic carbocycles. The van der Waals surface area contributed by atoms with Crippen molar-refractivity contribution in [1.82, 2.24) is 30.1 Å². The average Bonchev–Trinajstić information content (AvgIpc) is 3.70. The van der Waals surface area contributed by atoms with Crippen LogP contribution in [0.3, 0.4) is 0 Å². The highest BCUT2D eigenvalue weighted by atomic mass is 35.5. The molecule has 1 saturated carbocycles. The van der Waals surface area contributed by atoms with Crippen LogP contribution in [0, 0.1) is 6.92 Å². The molecule has 1 fully saturated rings. The van der Waals surface area contributed by atoms with Crippen LogP contribution in [-0.2, 0) is 13.1 Å². The third-order valence-electron chi connectivity index (χ3n) is 7.48. The van der Waals surface area contributed by atoms with E-state index < -0.39 is 6.04 Å². The van der Waals surface area contributed by atoms with Crippen LogP contribution >= 0.6 is 11.6 Å². The number of aromatic amines is 1. The molecule has 5 aromatic rings. The number of H-pyrrole nitrogens is 1. The molecule has 9 heteroatoms. The lowest BCUT2D eigenvalue weighted by molar-refractivity contribution is 0.176. The van der Waals surface area contributed by atoms with Gasteiger partial charge in [-0.25, -0.2) is 4.68 Å². The number of halogens is 1. The highest BCUT2D eigenvalue weighted by Crippen LogP contribution is 2.36. The summed E-state index contributed by atoms with van der Waals surface area (Å²) in [4.78, 5) is 19.1. The summed E-state index contributed by atoms with van der Waals surface area (Å²) in [5.74, 6) is 1.42. The molecular weight excluding hydrogens is 500 g/mol. The molecule has 3 aromatic heterocycles. The number of nitrogens with zero attached hydrogens (tertiary/aromatic N) is 5. The second kappa shape index (κ2) is 10.6. The van der Waals surface area contributed by atoms with Gasteiger partial charge in [0.25, 0.3) is 5.56 Å². The zero-order valence-corrected chi connectivity index (χ0v) is 21.9. The number of pyridine rings is 1. The Morgan fingerprint density at radius 1 is 1.11 bits per heavy atom. The minimum Gasteiger partial charge on any atom is -0.468 e. The maximum absolute atomic E-state index is 13.8. The number of nitrogens with one attached hydrogen (secondary N) is 1. The van der Waals surface area contributed by atoms with E-state index in [4.69, 9.17) is 16.0 Å². The van der Waals surface area contributed by atoms with Crippen molar-refractivity contribution in [3.05, 3.63) is 111 Å². The molecule has 6 rings (SSSR count). The Morgan fingerprint density at radius 3 is 2.74 bits per heavy atom. The number of rotatable bonds is 8. The molecule has 1 aliphatic rings. The van der Waals surface area contributed by atoms with Gasteiger partial charge in [0.1, 0.15) is 11.8 Å². The molecule has 0 saturated heterocycles. The van der Waals surface area contributed by atoms with Gasteiger partial charge in [0, 0.05) is 17.1 Å². The Hall–Kier alpha value is -3.75. The number of tetrazole rings is 1. The number of benzene rings is 2. The molecule has 0 spiro atoms. The highest BCUT2D eigenvalue weighted by molar-refractivity contribution is 6.31. The lowest BCUT2D eigenvalue weighted by Crippen LogP contribution is -2.35. The summed E-state index contributed by atoms with van der Waals surface area (Å²) < 4.78 is 7.69. The fraction of sp³-hybridized carbons (Fsp3) is 0.310. The van der Waals surface area contributed by atoms with Gasteiger partial charge in [0.15, 0.2) is 5.82 Å². The van der Waals surface area contributed by atoms with Gasteiger partial charge >= 0.3 is 0 Å².